The Hall–Kier alpha value is -2.41. The summed E-state index contributed by atoms with van der Waals surface area (Å²) in [5.41, 5.74) is 2.52. The predicted octanol–water partition coefficient (Wildman–Crippen LogP) is 2.95. The van der Waals surface area contributed by atoms with Crippen LogP contribution in [0, 0.1) is 6.92 Å². The van der Waals surface area contributed by atoms with E-state index in [1.807, 2.05) is 52.5 Å². The molecule has 3 aromatic rings. The number of carbonyl (C=O) groups is 1. The van der Waals surface area contributed by atoms with Crippen LogP contribution in [0.4, 0.5) is 0 Å². The Morgan fingerprint density at radius 3 is 3.17 bits per heavy atom. The lowest BCUT2D eigenvalue weighted by Crippen LogP contribution is -2.38. The van der Waals surface area contributed by atoms with Gasteiger partial charge >= 0.3 is 0 Å². The first kappa shape index (κ1) is 15.1. The van der Waals surface area contributed by atoms with E-state index in [1.54, 1.807) is 11.3 Å². The van der Waals surface area contributed by atoms with E-state index < -0.39 is 0 Å². The van der Waals surface area contributed by atoms with E-state index in [9.17, 15) is 4.79 Å². The third kappa shape index (κ3) is 2.87. The molecule has 4 rings (SSSR count). The molecule has 1 amide bonds. The van der Waals surface area contributed by atoms with Crippen LogP contribution in [0.25, 0.3) is 10.6 Å². The van der Waals surface area contributed by atoms with Gasteiger partial charge in [0.15, 0.2) is 5.69 Å². The number of aromatic nitrogens is 4. The maximum Gasteiger partial charge on any atom is 0.274 e. The van der Waals surface area contributed by atoms with Crippen LogP contribution in [0.15, 0.2) is 36.0 Å². The van der Waals surface area contributed by atoms with Gasteiger partial charge in [0, 0.05) is 12.7 Å². The summed E-state index contributed by atoms with van der Waals surface area (Å²) in [5.74, 6) is 0.000402. The van der Waals surface area contributed by atoms with Gasteiger partial charge in [-0.25, -0.2) is 0 Å². The van der Waals surface area contributed by atoms with Gasteiger partial charge in [0.2, 0.25) is 0 Å². The fraction of sp³-hybridized carbons (Fsp3) is 0.353. The summed E-state index contributed by atoms with van der Waals surface area (Å²) in [6.45, 7) is 3.55. The first-order chi connectivity index (χ1) is 11.7. The number of aryl methyl sites for hydroxylation is 1. The van der Waals surface area contributed by atoms with Crippen LogP contribution in [-0.4, -0.2) is 43.4 Å². The van der Waals surface area contributed by atoms with Crippen molar-refractivity contribution in [2.24, 2.45) is 0 Å². The second kappa shape index (κ2) is 6.24. The monoisotopic (exact) mass is 341 g/mol. The lowest BCUT2D eigenvalue weighted by molar-refractivity contribution is 0.0715. The Kier molecular flexibility index (Phi) is 3.93. The average molecular weight is 341 g/mol. The maximum absolute atomic E-state index is 12.9. The van der Waals surface area contributed by atoms with Crippen molar-refractivity contribution in [3.8, 4) is 10.6 Å². The van der Waals surface area contributed by atoms with Crippen molar-refractivity contribution in [1.82, 2.24) is 24.9 Å². The molecular formula is C17H19N5OS. The molecule has 1 N–H and O–H groups in total. The summed E-state index contributed by atoms with van der Waals surface area (Å²) in [6.07, 6.45) is 5.90. The molecule has 0 aromatic carbocycles. The Morgan fingerprint density at radius 1 is 1.50 bits per heavy atom. The first-order valence-corrected chi connectivity index (χ1v) is 8.98. The van der Waals surface area contributed by atoms with Gasteiger partial charge in [-0.05, 0) is 42.8 Å². The third-order valence-corrected chi connectivity index (χ3v) is 5.28. The summed E-state index contributed by atoms with van der Waals surface area (Å²) in [6, 6.07) is 6.04. The highest BCUT2D eigenvalue weighted by molar-refractivity contribution is 7.13. The van der Waals surface area contributed by atoms with E-state index in [4.69, 9.17) is 0 Å². The number of hydrogen-bond acceptors (Lipinski definition) is 4. The highest BCUT2D eigenvalue weighted by Crippen LogP contribution is 2.25. The molecule has 0 aliphatic carbocycles. The molecule has 124 valence electrons. The van der Waals surface area contributed by atoms with Gasteiger partial charge in [-0.3, -0.25) is 14.6 Å². The van der Waals surface area contributed by atoms with Crippen molar-refractivity contribution < 1.29 is 4.79 Å². The fourth-order valence-corrected chi connectivity index (χ4v) is 3.90. The lowest BCUT2D eigenvalue weighted by atomic mass is 10.2. The van der Waals surface area contributed by atoms with Gasteiger partial charge in [-0.2, -0.15) is 10.2 Å². The Bertz CT molecular complexity index is 835. The van der Waals surface area contributed by atoms with Gasteiger partial charge < -0.3 is 4.90 Å². The standard InChI is InChI=1S/C17H19N5OS/c1-12-9-18-21(10-12)11-13-4-2-6-22(13)17(23)15-8-14(19-20-15)16-5-3-7-24-16/h3,5,7-10,13H,2,4,6,11H2,1H3,(H,19,20)/t13-/m1/s1. The summed E-state index contributed by atoms with van der Waals surface area (Å²) >= 11 is 1.63. The van der Waals surface area contributed by atoms with E-state index in [0.717, 1.165) is 42.1 Å². The van der Waals surface area contributed by atoms with Gasteiger partial charge in [-0.1, -0.05) is 6.07 Å². The van der Waals surface area contributed by atoms with E-state index in [-0.39, 0.29) is 11.9 Å². The smallest absolute Gasteiger partial charge is 0.274 e. The van der Waals surface area contributed by atoms with E-state index >= 15 is 0 Å². The molecule has 0 bridgehead atoms. The van der Waals surface area contributed by atoms with Crippen LogP contribution in [0.1, 0.15) is 28.9 Å². The quantitative estimate of drug-likeness (QED) is 0.793. The number of amides is 1. The molecule has 1 fully saturated rings. The van der Waals surface area contributed by atoms with Crippen molar-refractivity contribution >= 4 is 17.2 Å². The number of likely N-dealkylation sites (tertiary alicyclic amines) is 1. The molecule has 0 unspecified atom stereocenters. The molecule has 24 heavy (non-hydrogen) atoms. The number of rotatable bonds is 4. The number of hydrogen-bond donors (Lipinski definition) is 1. The average Bonchev–Trinajstić information content (AvgIpc) is 3.35. The second-order valence-electron chi connectivity index (χ2n) is 6.18. The molecule has 1 saturated heterocycles. The van der Waals surface area contributed by atoms with Crippen molar-refractivity contribution in [3.63, 3.8) is 0 Å². The van der Waals surface area contributed by atoms with Crippen LogP contribution in [-0.2, 0) is 6.54 Å². The number of thiophene rings is 1. The number of aromatic amines is 1. The maximum atomic E-state index is 12.9. The summed E-state index contributed by atoms with van der Waals surface area (Å²) in [4.78, 5) is 15.9. The zero-order valence-electron chi connectivity index (χ0n) is 13.5. The largest absolute Gasteiger partial charge is 0.332 e. The summed E-state index contributed by atoms with van der Waals surface area (Å²) < 4.78 is 1.92. The fourth-order valence-electron chi connectivity index (χ4n) is 3.21. The Morgan fingerprint density at radius 2 is 2.42 bits per heavy atom. The zero-order valence-corrected chi connectivity index (χ0v) is 14.3. The molecule has 7 heteroatoms. The molecule has 0 saturated carbocycles. The van der Waals surface area contributed by atoms with Crippen molar-refractivity contribution in [2.45, 2.75) is 32.4 Å². The molecule has 1 aliphatic rings. The molecule has 3 aromatic heterocycles. The van der Waals surface area contributed by atoms with Crippen LogP contribution < -0.4 is 0 Å². The van der Waals surface area contributed by atoms with Gasteiger partial charge in [0.1, 0.15) is 0 Å². The highest BCUT2D eigenvalue weighted by Gasteiger charge is 2.31. The van der Waals surface area contributed by atoms with Gasteiger partial charge in [0.05, 0.1) is 29.4 Å². The molecule has 1 atom stereocenters. The van der Waals surface area contributed by atoms with E-state index in [0.29, 0.717) is 5.69 Å². The van der Waals surface area contributed by atoms with Crippen molar-refractivity contribution in [1.29, 1.82) is 0 Å². The molecule has 0 radical (unpaired) electrons. The molecular weight excluding hydrogens is 322 g/mol. The van der Waals surface area contributed by atoms with E-state index in [1.165, 1.54) is 0 Å². The minimum Gasteiger partial charge on any atom is -0.332 e. The molecule has 4 heterocycles. The van der Waals surface area contributed by atoms with Crippen LogP contribution >= 0.6 is 11.3 Å². The van der Waals surface area contributed by atoms with Crippen LogP contribution in [0.2, 0.25) is 0 Å². The molecule has 0 spiro atoms. The second-order valence-corrected chi connectivity index (χ2v) is 7.13. The topological polar surface area (TPSA) is 66.8 Å². The molecule has 1 aliphatic heterocycles. The summed E-state index contributed by atoms with van der Waals surface area (Å²) in [7, 11) is 0. The van der Waals surface area contributed by atoms with Crippen LogP contribution in [0.5, 0.6) is 0 Å². The predicted molar refractivity (Wildman–Crippen MR) is 92.9 cm³/mol. The van der Waals surface area contributed by atoms with Gasteiger partial charge in [0.25, 0.3) is 5.91 Å². The Balaban J connectivity index is 1.50. The van der Waals surface area contributed by atoms with Crippen molar-refractivity contribution in [2.75, 3.05) is 6.54 Å². The zero-order chi connectivity index (χ0) is 16.5. The van der Waals surface area contributed by atoms with Gasteiger partial charge in [-0.15, -0.1) is 11.3 Å². The van der Waals surface area contributed by atoms with Crippen molar-refractivity contribution in [3.05, 3.63) is 47.2 Å². The minimum absolute atomic E-state index is 0.000402. The number of carbonyl (C=O) groups excluding carboxylic acids is 1. The summed E-state index contributed by atoms with van der Waals surface area (Å²) in [5, 5.41) is 13.6. The normalized spacial score (nSPS) is 17.5. The third-order valence-electron chi connectivity index (χ3n) is 4.38. The lowest BCUT2D eigenvalue weighted by Gasteiger charge is -2.23. The van der Waals surface area contributed by atoms with Crippen LogP contribution in [0.3, 0.4) is 0 Å². The SMILES string of the molecule is Cc1cnn(C[C@H]2CCCN2C(=O)c2cc(-c3cccs3)[nH]n2)c1. The Labute approximate surface area is 144 Å². The minimum atomic E-state index is 0.000402. The highest BCUT2D eigenvalue weighted by atomic mass is 32.1. The molecule has 6 nitrogen and oxygen atoms in total. The number of nitrogens with zero attached hydrogens (tertiary/aromatic N) is 4. The number of nitrogens with one attached hydrogen (secondary N) is 1. The van der Waals surface area contributed by atoms with E-state index in [2.05, 4.69) is 15.3 Å². The number of H-pyrrole nitrogens is 1. The first-order valence-electron chi connectivity index (χ1n) is 8.10.